The Morgan fingerprint density at radius 2 is 1.95 bits per heavy atom. The van der Waals surface area contributed by atoms with Crippen molar-refractivity contribution in [1.29, 1.82) is 0 Å². The summed E-state index contributed by atoms with van der Waals surface area (Å²) in [6, 6.07) is 7.49. The molecule has 4 nitrogen and oxygen atoms in total. The summed E-state index contributed by atoms with van der Waals surface area (Å²) in [6.07, 6.45) is 5.04. The average Bonchev–Trinajstić information content (AvgIpc) is 2.63. The fourth-order valence-corrected chi connectivity index (χ4v) is 3.54. The van der Waals surface area contributed by atoms with E-state index in [-0.39, 0.29) is 5.75 Å². The lowest BCUT2D eigenvalue weighted by Gasteiger charge is -2.37. The van der Waals surface area contributed by atoms with Gasteiger partial charge in [-0.05, 0) is 44.9 Å². The molecule has 2 aliphatic heterocycles. The fraction of sp³-hybridized carbons (Fsp3) is 0.600. The van der Waals surface area contributed by atoms with Gasteiger partial charge >= 0.3 is 0 Å². The molecule has 2 heterocycles. The number of nitrogens with zero attached hydrogens (tertiary/aromatic N) is 1. The zero-order valence-electron chi connectivity index (χ0n) is 11.6. The van der Waals surface area contributed by atoms with Gasteiger partial charge in [-0.25, -0.2) is 0 Å². The van der Waals surface area contributed by atoms with Crippen molar-refractivity contribution >= 4 is 5.69 Å². The van der Waals surface area contributed by atoms with Crippen LogP contribution >= 0.6 is 0 Å². The smallest absolute Gasteiger partial charge is 0.160 e. The molecule has 0 radical (unpaired) electrons. The molecule has 1 aromatic rings. The van der Waals surface area contributed by atoms with Crippen molar-refractivity contribution in [1.82, 2.24) is 4.90 Å². The van der Waals surface area contributed by atoms with Crippen LogP contribution in [0.5, 0.6) is 11.5 Å². The maximum atomic E-state index is 9.81. The Balaban J connectivity index is 1.67. The number of phenols is 1. The van der Waals surface area contributed by atoms with Crippen LogP contribution in [0.3, 0.4) is 0 Å². The number of hydrogen-bond donors (Lipinski definition) is 2. The van der Waals surface area contributed by atoms with Crippen molar-refractivity contribution in [3.05, 3.63) is 18.2 Å². The molecule has 2 N–H and O–H groups in total. The lowest BCUT2D eigenvalue weighted by atomic mass is 9.98. The topological polar surface area (TPSA) is 44.7 Å². The Morgan fingerprint density at radius 3 is 2.53 bits per heavy atom. The summed E-state index contributed by atoms with van der Waals surface area (Å²) in [5, 5.41) is 13.4. The summed E-state index contributed by atoms with van der Waals surface area (Å²) in [6.45, 7) is 0. The van der Waals surface area contributed by atoms with E-state index in [1.54, 1.807) is 19.2 Å². The molecule has 2 fully saturated rings. The molecule has 0 spiro atoms. The molecule has 104 valence electrons. The average molecular weight is 262 g/mol. The third-order valence-electron chi connectivity index (χ3n) is 4.65. The number of aromatic hydroxyl groups is 1. The Hall–Kier alpha value is -1.42. The second-order valence-corrected chi connectivity index (χ2v) is 5.75. The van der Waals surface area contributed by atoms with Gasteiger partial charge in [0.05, 0.1) is 7.11 Å². The van der Waals surface area contributed by atoms with Crippen LogP contribution < -0.4 is 10.1 Å². The van der Waals surface area contributed by atoms with Crippen LogP contribution in [0.4, 0.5) is 5.69 Å². The maximum absolute atomic E-state index is 9.81. The number of piperidine rings is 1. The van der Waals surface area contributed by atoms with Gasteiger partial charge < -0.3 is 20.1 Å². The van der Waals surface area contributed by atoms with Crippen LogP contribution in [0.15, 0.2) is 18.2 Å². The lowest BCUT2D eigenvalue weighted by Crippen LogP contribution is -2.44. The SMILES string of the molecule is COc1ccc(NC2CC3CCC(C2)N3C)cc1O. The number of methoxy groups -OCH3 is 1. The highest BCUT2D eigenvalue weighted by atomic mass is 16.5. The summed E-state index contributed by atoms with van der Waals surface area (Å²) in [4.78, 5) is 2.53. The highest BCUT2D eigenvalue weighted by molar-refractivity contribution is 5.54. The molecule has 3 rings (SSSR count). The van der Waals surface area contributed by atoms with Crippen LogP contribution in [0, 0.1) is 0 Å². The van der Waals surface area contributed by atoms with E-state index in [2.05, 4.69) is 17.3 Å². The predicted molar refractivity (Wildman–Crippen MR) is 75.9 cm³/mol. The summed E-state index contributed by atoms with van der Waals surface area (Å²) < 4.78 is 5.06. The zero-order chi connectivity index (χ0) is 13.4. The number of anilines is 1. The van der Waals surface area contributed by atoms with E-state index in [1.165, 1.54) is 25.7 Å². The standard InChI is InChI=1S/C15H22N2O2/c1-17-12-4-5-13(17)8-11(7-12)16-10-3-6-15(19-2)14(18)9-10/h3,6,9,11-13,16,18H,4-5,7-8H2,1-2H3. The minimum absolute atomic E-state index is 0.198. The summed E-state index contributed by atoms with van der Waals surface area (Å²) >= 11 is 0. The molecule has 0 amide bonds. The minimum atomic E-state index is 0.198. The molecule has 2 unspecified atom stereocenters. The van der Waals surface area contributed by atoms with Gasteiger partial charge in [0.2, 0.25) is 0 Å². The van der Waals surface area contributed by atoms with Gasteiger partial charge in [0.1, 0.15) is 0 Å². The first kappa shape index (κ1) is 12.6. The van der Waals surface area contributed by atoms with Crippen LogP contribution in [0.25, 0.3) is 0 Å². The van der Waals surface area contributed by atoms with Crippen molar-refractivity contribution < 1.29 is 9.84 Å². The molecule has 2 saturated heterocycles. The van der Waals surface area contributed by atoms with Crippen molar-refractivity contribution in [2.45, 2.75) is 43.8 Å². The zero-order valence-corrected chi connectivity index (χ0v) is 11.6. The molecule has 4 heteroatoms. The van der Waals surface area contributed by atoms with Crippen LogP contribution in [-0.2, 0) is 0 Å². The van der Waals surface area contributed by atoms with Crippen molar-refractivity contribution in [3.8, 4) is 11.5 Å². The first-order valence-corrected chi connectivity index (χ1v) is 7.03. The quantitative estimate of drug-likeness (QED) is 0.878. The van der Waals surface area contributed by atoms with Gasteiger partial charge in [-0.1, -0.05) is 0 Å². The number of phenolic OH excluding ortho intramolecular Hbond substituents is 1. The Morgan fingerprint density at radius 1 is 1.26 bits per heavy atom. The molecule has 0 aromatic heterocycles. The molecule has 2 atom stereocenters. The summed E-state index contributed by atoms with van der Waals surface area (Å²) in [7, 11) is 3.81. The number of nitrogens with one attached hydrogen (secondary N) is 1. The van der Waals surface area contributed by atoms with Gasteiger partial charge in [0, 0.05) is 29.9 Å². The number of hydrogen-bond acceptors (Lipinski definition) is 4. The Labute approximate surface area is 114 Å². The van der Waals surface area contributed by atoms with E-state index in [0.717, 1.165) is 17.8 Å². The second-order valence-electron chi connectivity index (χ2n) is 5.75. The molecule has 19 heavy (non-hydrogen) atoms. The summed E-state index contributed by atoms with van der Waals surface area (Å²) in [5.74, 6) is 0.720. The van der Waals surface area contributed by atoms with Gasteiger partial charge in [0.15, 0.2) is 11.5 Å². The normalized spacial score (nSPS) is 30.3. The highest BCUT2D eigenvalue weighted by Gasteiger charge is 2.38. The van der Waals surface area contributed by atoms with E-state index < -0.39 is 0 Å². The summed E-state index contributed by atoms with van der Waals surface area (Å²) in [5.41, 5.74) is 0.979. The van der Waals surface area contributed by atoms with E-state index in [1.807, 2.05) is 6.07 Å². The number of ether oxygens (including phenoxy) is 1. The molecule has 2 bridgehead atoms. The maximum Gasteiger partial charge on any atom is 0.160 e. The third-order valence-corrected chi connectivity index (χ3v) is 4.65. The molecular weight excluding hydrogens is 240 g/mol. The predicted octanol–water partition coefficient (Wildman–Crippen LogP) is 2.44. The third kappa shape index (κ3) is 2.37. The van der Waals surface area contributed by atoms with Gasteiger partial charge in [0.25, 0.3) is 0 Å². The molecule has 0 saturated carbocycles. The molecule has 2 aliphatic rings. The van der Waals surface area contributed by atoms with E-state index in [0.29, 0.717) is 11.8 Å². The first-order chi connectivity index (χ1) is 9.17. The van der Waals surface area contributed by atoms with E-state index in [4.69, 9.17) is 4.74 Å². The second kappa shape index (κ2) is 4.93. The van der Waals surface area contributed by atoms with Crippen molar-refractivity contribution in [2.75, 3.05) is 19.5 Å². The molecular formula is C15H22N2O2. The lowest BCUT2D eigenvalue weighted by molar-refractivity contribution is 0.169. The highest BCUT2D eigenvalue weighted by Crippen LogP contribution is 2.36. The van der Waals surface area contributed by atoms with Crippen LogP contribution in [0.2, 0.25) is 0 Å². The monoisotopic (exact) mass is 262 g/mol. The first-order valence-electron chi connectivity index (χ1n) is 7.03. The molecule has 1 aromatic carbocycles. The minimum Gasteiger partial charge on any atom is -0.504 e. The van der Waals surface area contributed by atoms with Crippen molar-refractivity contribution in [2.24, 2.45) is 0 Å². The molecule has 0 aliphatic carbocycles. The van der Waals surface area contributed by atoms with Crippen LogP contribution in [0.1, 0.15) is 25.7 Å². The van der Waals surface area contributed by atoms with E-state index >= 15 is 0 Å². The van der Waals surface area contributed by atoms with E-state index in [9.17, 15) is 5.11 Å². The largest absolute Gasteiger partial charge is 0.504 e. The van der Waals surface area contributed by atoms with Crippen LogP contribution in [-0.4, -0.2) is 42.3 Å². The Kier molecular flexibility index (Phi) is 3.27. The number of fused-ring (bicyclic) bond motifs is 2. The fourth-order valence-electron chi connectivity index (χ4n) is 3.54. The van der Waals surface area contributed by atoms with Gasteiger partial charge in [-0.2, -0.15) is 0 Å². The van der Waals surface area contributed by atoms with Gasteiger partial charge in [-0.3, -0.25) is 0 Å². The van der Waals surface area contributed by atoms with Crippen molar-refractivity contribution in [3.63, 3.8) is 0 Å². The Bertz CT molecular complexity index is 449. The number of benzene rings is 1. The van der Waals surface area contributed by atoms with Gasteiger partial charge in [-0.15, -0.1) is 0 Å². The number of rotatable bonds is 3.